The van der Waals surface area contributed by atoms with Crippen molar-refractivity contribution in [3.8, 4) is 0 Å². The van der Waals surface area contributed by atoms with E-state index in [9.17, 15) is 18.0 Å². The molecule has 1 saturated carbocycles. The highest BCUT2D eigenvalue weighted by Gasteiger charge is 2.31. The van der Waals surface area contributed by atoms with Crippen molar-refractivity contribution in [3.05, 3.63) is 0 Å². The fourth-order valence-electron chi connectivity index (χ4n) is 2.22. The van der Waals surface area contributed by atoms with Crippen molar-refractivity contribution in [1.82, 2.24) is 5.32 Å². The molecule has 0 bridgehead atoms. The van der Waals surface area contributed by atoms with Crippen LogP contribution >= 0.6 is 0 Å². The Morgan fingerprint density at radius 1 is 1.35 bits per heavy atom. The highest BCUT2D eigenvalue weighted by atomic mass is 19.4. The fourth-order valence-corrected chi connectivity index (χ4v) is 2.22. The van der Waals surface area contributed by atoms with E-state index in [1.54, 1.807) is 0 Å². The zero-order chi connectivity index (χ0) is 13.1. The second-order valence-electron chi connectivity index (χ2n) is 4.84. The van der Waals surface area contributed by atoms with Gasteiger partial charge in [0.2, 0.25) is 0 Å². The van der Waals surface area contributed by atoms with Crippen LogP contribution in [0.25, 0.3) is 0 Å². The number of halogens is 3. The summed E-state index contributed by atoms with van der Waals surface area (Å²) in [4.78, 5) is 11.2. The van der Waals surface area contributed by atoms with E-state index in [4.69, 9.17) is 0 Å². The van der Waals surface area contributed by atoms with Crippen molar-refractivity contribution < 1.29 is 22.7 Å². The van der Waals surface area contributed by atoms with Crippen molar-refractivity contribution in [2.24, 2.45) is 11.8 Å². The minimum absolute atomic E-state index is 0.0769. The molecule has 1 fully saturated rings. The molecule has 1 amide bonds. The molecule has 1 aliphatic carbocycles. The lowest BCUT2D eigenvalue weighted by Gasteiger charge is -2.32. The van der Waals surface area contributed by atoms with Gasteiger partial charge in [-0.25, -0.2) is 4.79 Å². The van der Waals surface area contributed by atoms with Gasteiger partial charge < -0.3 is 10.1 Å². The molecule has 100 valence electrons. The zero-order valence-electron chi connectivity index (χ0n) is 10.0. The van der Waals surface area contributed by atoms with Crippen molar-refractivity contribution in [3.63, 3.8) is 0 Å². The molecule has 17 heavy (non-hydrogen) atoms. The standard InChI is InChI=1S/C11H18F3NO2/c1-7-3-4-9(8(2)5-7)15-10(16)17-6-11(12,13)14/h7-9H,3-6H2,1-2H3,(H,15,16). The molecule has 0 saturated heterocycles. The van der Waals surface area contributed by atoms with Gasteiger partial charge in [-0.05, 0) is 31.1 Å². The molecular weight excluding hydrogens is 235 g/mol. The van der Waals surface area contributed by atoms with Crippen LogP contribution in [0.3, 0.4) is 0 Å². The number of carbonyl (C=O) groups excluding carboxylic acids is 1. The van der Waals surface area contributed by atoms with E-state index in [-0.39, 0.29) is 12.0 Å². The van der Waals surface area contributed by atoms with Crippen LogP contribution in [-0.4, -0.2) is 24.9 Å². The third-order valence-corrected chi connectivity index (χ3v) is 3.10. The first-order valence-corrected chi connectivity index (χ1v) is 5.78. The smallest absolute Gasteiger partial charge is 0.422 e. The van der Waals surface area contributed by atoms with E-state index in [1.165, 1.54) is 0 Å². The predicted octanol–water partition coefficient (Wildman–Crippen LogP) is 3.10. The summed E-state index contributed by atoms with van der Waals surface area (Å²) in [6.07, 6.45) is -2.69. The molecule has 1 aliphatic rings. The Hall–Kier alpha value is -0.940. The summed E-state index contributed by atoms with van der Waals surface area (Å²) in [5.41, 5.74) is 0. The highest BCUT2D eigenvalue weighted by molar-refractivity contribution is 5.67. The number of ether oxygens (including phenoxy) is 1. The Labute approximate surface area is 98.7 Å². The SMILES string of the molecule is CC1CCC(NC(=O)OCC(F)(F)F)C(C)C1. The monoisotopic (exact) mass is 253 g/mol. The highest BCUT2D eigenvalue weighted by Crippen LogP contribution is 2.28. The van der Waals surface area contributed by atoms with E-state index in [0.29, 0.717) is 5.92 Å². The van der Waals surface area contributed by atoms with Gasteiger partial charge in [-0.3, -0.25) is 0 Å². The number of alkyl halides is 3. The summed E-state index contributed by atoms with van der Waals surface area (Å²) in [5, 5.41) is 2.50. The van der Waals surface area contributed by atoms with Crippen molar-refractivity contribution in [1.29, 1.82) is 0 Å². The number of hydrogen-bond donors (Lipinski definition) is 1. The van der Waals surface area contributed by atoms with Gasteiger partial charge in [0.25, 0.3) is 0 Å². The lowest BCUT2D eigenvalue weighted by Crippen LogP contribution is -2.43. The van der Waals surface area contributed by atoms with E-state index < -0.39 is 18.9 Å². The molecule has 1 rings (SSSR count). The summed E-state index contributed by atoms with van der Waals surface area (Å²) in [5.74, 6) is 0.881. The van der Waals surface area contributed by atoms with Gasteiger partial charge in [0, 0.05) is 6.04 Å². The Balaban J connectivity index is 2.31. The van der Waals surface area contributed by atoms with Gasteiger partial charge in [0.05, 0.1) is 0 Å². The molecule has 0 aromatic rings. The molecular formula is C11H18F3NO2. The predicted molar refractivity (Wildman–Crippen MR) is 56.5 cm³/mol. The maximum atomic E-state index is 11.8. The van der Waals surface area contributed by atoms with E-state index in [2.05, 4.69) is 17.0 Å². The molecule has 0 radical (unpaired) electrons. The molecule has 0 spiro atoms. The summed E-state index contributed by atoms with van der Waals surface area (Å²) >= 11 is 0. The Bertz CT molecular complexity index is 268. The second kappa shape index (κ2) is 5.60. The molecule has 3 unspecified atom stereocenters. The first-order chi connectivity index (χ1) is 7.78. The number of carbonyl (C=O) groups is 1. The van der Waals surface area contributed by atoms with Crippen molar-refractivity contribution in [2.45, 2.75) is 45.3 Å². The molecule has 3 atom stereocenters. The lowest BCUT2D eigenvalue weighted by molar-refractivity contribution is -0.160. The molecule has 0 aliphatic heterocycles. The first-order valence-electron chi connectivity index (χ1n) is 5.78. The van der Waals surface area contributed by atoms with Gasteiger partial charge in [0.1, 0.15) is 0 Å². The van der Waals surface area contributed by atoms with Gasteiger partial charge in [-0.2, -0.15) is 13.2 Å². The van der Waals surface area contributed by atoms with Crippen LogP contribution in [0.4, 0.5) is 18.0 Å². The van der Waals surface area contributed by atoms with Crippen LogP contribution in [0.2, 0.25) is 0 Å². The van der Waals surface area contributed by atoms with Gasteiger partial charge in [0.15, 0.2) is 6.61 Å². The number of hydrogen-bond acceptors (Lipinski definition) is 2. The fraction of sp³-hybridized carbons (Fsp3) is 0.909. The number of amides is 1. The van der Waals surface area contributed by atoms with Crippen LogP contribution in [0, 0.1) is 11.8 Å². The summed E-state index contributed by atoms with van der Waals surface area (Å²) in [6, 6.07) is -0.0769. The second-order valence-corrected chi connectivity index (χ2v) is 4.84. The van der Waals surface area contributed by atoms with Crippen molar-refractivity contribution in [2.75, 3.05) is 6.61 Å². The minimum atomic E-state index is -4.47. The van der Waals surface area contributed by atoms with Crippen LogP contribution in [0.15, 0.2) is 0 Å². The average molecular weight is 253 g/mol. The zero-order valence-corrected chi connectivity index (χ0v) is 10.0. The lowest BCUT2D eigenvalue weighted by atomic mass is 9.80. The molecule has 0 aromatic heterocycles. The third kappa shape index (κ3) is 5.28. The summed E-state index contributed by atoms with van der Waals surface area (Å²) < 4.78 is 39.6. The van der Waals surface area contributed by atoms with Crippen LogP contribution in [0.1, 0.15) is 33.1 Å². The normalized spacial score (nSPS) is 29.8. The van der Waals surface area contributed by atoms with E-state index in [1.807, 2.05) is 6.92 Å². The Morgan fingerprint density at radius 3 is 2.53 bits per heavy atom. The summed E-state index contributed by atoms with van der Waals surface area (Å²) in [6.45, 7) is 2.59. The van der Waals surface area contributed by atoms with Gasteiger partial charge in [-0.1, -0.05) is 13.8 Å². The molecule has 6 heteroatoms. The number of rotatable bonds is 2. The Morgan fingerprint density at radius 2 is 2.00 bits per heavy atom. The maximum Gasteiger partial charge on any atom is 0.422 e. The molecule has 0 aromatic carbocycles. The minimum Gasteiger partial charge on any atom is -0.440 e. The number of nitrogens with one attached hydrogen (secondary N) is 1. The molecule has 3 nitrogen and oxygen atoms in total. The maximum absolute atomic E-state index is 11.8. The summed E-state index contributed by atoms with van der Waals surface area (Å²) in [7, 11) is 0. The van der Waals surface area contributed by atoms with Crippen molar-refractivity contribution >= 4 is 6.09 Å². The van der Waals surface area contributed by atoms with E-state index in [0.717, 1.165) is 19.3 Å². The first kappa shape index (κ1) is 14.1. The largest absolute Gasteiger partial charge is 0.440 e. The molecule has 1 N–H and O–H groups in total. The average Bonchev–Trinajstić information content (AvgIpc) is 2.18. The quantitative estimate of drug-likeness (QED) is 0.821. The van der Waals surface area contributed by atoms with Crippen LogP contribution in [0.5, 0.6) is 0 Å². The third-order valence-electron chi connectivity index (χ3n) is 3.10. The number of alkyl carbamates (subject to hydrolysis) is 1. The van der Waals surface area contributed by atoms with E-state index >= 15 is 0 Å². The van der Waals surface area contributed by atoms with Gasteiger partial charge in [-0.15, -0.1) is 0 Å². The Kier molecular flexibility index (Phi) is 4.65. The topological polar surface area (TPSA) is 38.3 Å². The van der Waals surface area contributed by atoms with Crippen LogP contribution < -0.4 is 5.32 Å². The molecule has 0 heterocycles. The van der Waals surface area contributed by atoms with Crippen LogP contribution in [-0.2, 0) is 4.74 Å². The van der Waals surface area contributed by atoms with Gasteiger partial charge >= 0.3 is 12.3 Å².